The Hall–Kier alpha value is -4.34. The van der Waals surface area contributed by atoms with Crippen LogP contribution in [0.5, 0.6) is 5.75 Å². The SMILES string of the molecule is COc1ccc(NS(=O)(=O)c2cc(NC(=O)c3ccc(-c4ccccc4)cc3)ccc2N2CCOCC2)cc1. The molecule has 0 saturated carbocycles. The Bertz CT molecular complexity index is 1530. The second-order valence-electron chi connectivity index (χ2n) is 9.01. The Kier molecular flexibility index (Phi) is 7.81. The molecule has 0 spiro atoms. The van der Waals surface area contributed by atoms with Gasteiger partial charge in [-0.05, 0) is 65.7 Å². The summed E-state index contributed by atoms with van der Waals surface area (Å²) in [5.74, 6) is 0.286. The first kappa shape index (κ1) is 26.3. The minimum Gasteiger partial charge on any atom is -0.497 e. The third-order valence-electron chi connectivity index (χ3n) is 6.46. The number of ether oxygens (including phenoxy) is 2. The predicted molar refractivity (Wildman–Crippen MR) is 153 cm³/mol. The number of nitrogens with one attached hydrogen (secondary N) is 2. The van der Waals surface area contributed by atoms with Gasteiger partial charge in [-0.25, -0.2) is 8.42 Å². The van der Waals surface area contributed by atoms with Crippen LogP contribution in [0.2, 0.25) is 0 Å². The van der Waals surface area contributed by atoms with E-state index in [2.05, 4.69) is 10.0 Å². The summed E-state index contributed by atoms with van der Waals surface area (Å²) in [6, 6.07) is 28.7. The Labute approximate surface area is 228 Å². The fourth-order valence-electron chi connectivity index (χ4n) is 4.39. The molecule has 1 heterocycles. The van der Waals surface area contributed by atoms with Gasteiger partial charge in [0.1, 0.15) is 10.6 Å². The summed E-state index contributed by atoms with van der Waals surface area (Å²) in [5.41, 5.74) is 3.84. The highest BCUT2D eigenvalue weighted by atomic mass is 32.2. The molecular weight excluding hydrogens is 514 g/mol. The van der Waals surface area contributed by atoms with Crippen molar-refractivity contribution in [3.63, 3.8) is 0 Å². The number of anilines is 3. The second kappa shape index (κ2) is 11.6. The number of hydrogen-bond donors (Lipinski definition) is 2. The normalized spacial score (nSPS) is 13.5. The topological polar surface area (TPSA) is 97.0 Å². The van der Waals surface area contributed by atoms with Crippen molar-refractivity contribution in [3.05, 3.63) is 103 Å². The smallest absolute Gasteiger partial charge is 0.264 e. The van der Waals surface area contributed by atoms with Crippen molar-refractivity contribution in [3.8, 4) is 16.9 Å². The summed E-state index contributed by atoms with van der Waals surface area (Å²) < 4.78 is 40.4. The first-order valence-electron chi connectivity index (χ1n) is 12.5. The van der Waals surface area contributed by atoms with E-state index in [1.165, 1.54) is 6.07 Å². The fraction of sp³-hybridized carbons (Fsp3) is 0.167. The van der Waals surface area contributed by atoms with Crippen LogP contribution in [0.1, 0.15) is 10.4 Å². The zero-order valence-corrected chi connectivity index (χ0v) is 22.3. The minimum atomic E-state index is -4.00. The van der Waals surface area contributed by atoms with Crippen LogP contribution in [-0.2, 0) is 14.8 Å². The number of nitrogens with zero attached hydrogens (tertiary/aromatic N) is 1. The first-order chi connectivity index (χ1) is 18.9. The number of amides is 1. The zero-order chi connectivity index (χ0) is 27.2. The van der Waals surface area contributed by atoms with Gasteiger partial charge in [0, 0.05) is 30.0 Å². The summed E-state index contributed by atoms with van der Waals surface area (Å²) in [6.45, 7) is 2.13. The largest absolute Gasteiger partial charge is 0.497 e. The van der Waals surface area contributed by atoms with Crippen LogP contribution in [0.15, 0.2) is 102 Å². The van der Waals surface area contributed by atoms with Gasteiger partial charge in [0.25, 0.3) is 15.9 Å². The molecule has 0 unspecified atom stereocenters. The highest BCUT2D eigenvalue weighted by Crippen LogP contribution is 2.31. The number of sulfonamides is 1. The van der Waals surface area contributed by atoms with Gasteiger partial charge >= 0.3 is 0 Å². The molecule has 1 saturated heterocycles. The zero-order valence-electron chi connectivity index (χ0n) is 21.5. The number of benzene rings is 4. The molecule has 4 aromatic carbocycles. The highest BCUT2D eigenvalue weighted by Gasteiger charge is 2.25. The van der Waals surface area contributed by atoms with E-state index in [4.69, 9.17) is 9.47 Å². The molecule has 200 valence electrons. The quantitative estimate of drug-likeness (QED) is 0.315. The summed E-state index contributed by atoms with van der Waals surface area (Å²) in [4.78, 5) is 15.1. The van der Waals surface area contributed by atoms with Crippen LogP contribution in [0.25, 0.3) is 11.1 Å². The van der Waals surface area contributed by atoms with Gasteiger partial charge in [-0.3, -0.25) is 9.52 Å². The van der Waals surface area contributed by atoms with E-state index in [0.717, 1.165) is 11.1 Å². The van der Waals surface area contributed by atoms with Crippen molar-refractivity contribution >= 4 is 33.0 Å². The van der Waals surface area contributed by atoms with E-state index in [1.807, 2.05) is 47.4 Å². The molecular formula is C30H29N3O5S. The number of carbonyl (C=O) groups is 1. The van der Waals surface area contributed by atoms with Crippen LogP contribution >= 0.6 is 0 Å². The van der Waals surface area contributed by atoms with Gasteiger partial charge < -0.3 is 19.7 Å². The standard InChI is InChI=1S/C30H29N3O5S/c1-37-27-14-11-25(12-15-27)32-39(35,36)29-21-26(13-16-28(29)33-17-19-38-20-18-33)31-30(34)24-9-7-23(8-10-24)22-5-3-2-4-6-22/h2-16,21,32H,17-20H2,1H3,(H,31,34). The van der Waals surface area contributed by atoms with E-state index in [0.29, 0.717) is 54.7 Å². The Morgan fingerprint density at radius 3 is 2.13 bits per heavy atom. The maximum atomic E-state index is 13.6. The average Bonchev–Trinajstić information content (AvgIpc) is 2.98. The summed E-state index contributed by atoms with van der Waals surface area (Å²) in [5, 5.41) is 2.85. The molecule has 5 rings (SSSR count). The molecule has 0 radical (unpaired) electrons. The molecule has 0 bridgehead atoms. The number of methoxy groups -OCH3 is 1. The average molecular weight is 544 g/mol. The lowest BCUT2D eigenvalue weighted by Crippen LogP contribution is -2.37. The molecule has 39 heavy (non-hydrogen) atoms. The van der Waals surface area contributed by atoms with Crippen molar-refractivity contribution < 1.29 is 22.7 Å². The van der Waals surface area contributed by atoms with Crippen LogP contribution in [0.3, 0.4) is 0 Å². The predicted octanol–water partition coefficient (Wildman–Crippen LogP) is 5.25. The second-order valence-corrected chi connectivity index (χ2v) is 10.7. The molecule has 9 heteroatoms. The Morgan fingerprint density at radius 2 is 1.46 bits per heavy atom. The monoisotopic (exact) mass is 543 g/mol. The Balaban J connectivity index is 1.41. The van der Waals surface area contributed by atoms with Gasteiger partial charge in [0.15, 0.2) is 0 Å². The van der Waals surface area contributed by atoms with E-state index < -0.39 is 10.0 Å². The van der Waals surface area contributed by atoms with Gasteiger partial charge in [-0.1, -0.05) is 42.5 Å². The molecule has 2 N–H and O–H groups in total. The maximum Gasteiger partial charge on any atom is 0.264 e. The summed E-state index contributed by atoms with van der Waals surface area (Å²) in [7, 11) is -2.45. The third-order valence-corrected chi connectivity index (χ3v) is 7.87. The molecule has 4 aromatic rings. The van der Waals surface area contributed by atoms with Crippen LogP contribution in [0, 0.1) is 0 Å². The molecule has 0 atom stereocenters. The van der Waals surface area contributed by atoms with Crippen LogP contribution < -0.4 is 19.7 Å². The number of rotatable bonds is 8. The summed E-state index contributed by atoms with van der Waals surface area (Å²) >= 11 is 0. The maximum absolute atomic E-state index is 13.6. The molecule has 8 nitrogen and oxygen atoms in total. The van der Waals surface area contributed by atoms with Crippen molar-refractivity contribution in [2.75, 3.05) is 48.4 Å². The van der Waals surface area contributed by atoms with Gasteiger partial charge in [-0.15, -0.1) is 0 Å². The molecule has 1 aliphatic rings. The van der Waals surface area contributed by atoms with Gasteiger partial charge in [0.05, 0.1) is 26.0 Å². The van der Waals surface area contributed by atoms with Gasteiger partial charge in [-0.2, -0.15) is 0 Å². The highest BCUT2D eigenvalue weighted by molar-refractivity contribution is 7.92. The van der Waals surface area contributed by atoms with Crippen molar-refractivity contribution in [2.45, 2.75) is 4.90 Å². The van der Waals surface area contributed by atoms with E-state index in [9.17, 15) is 13.2 Å². The Morgan fingerprint density at radius 1 is 0.821 bits per heavy atom. The van der Waals surface area contributed by atoms with E-state index in [1.54, 1.807) is 55.6 Å². The number of carbonyl (C=O) groups excluding carboxylic acids is 1. The van der Waals surface area contributed by atoms with Crippen molar-refractivity contribution in [1.82, 2.24) is 0 Å². The third kappa shape index (κ3) is 6.22. The lowest BCUT2D eigenvalue weighted by Gasteiger charge is -2.30. The number of hydrogen-bond acceptors (Lipinski definition) is 6. The molecule has 1 amide bonds. The number of morpholine rings is 1. The van der Waals surface area contributed by atoms with Crippen LogP contribution in [0.4, 0.5) is 17.1 Å². The lowest BCUT2D eigenvalue weighted by atomic mass is 10.0. The molecule has 0 aromatic heterocycles. The van der Waals surface area contributed by atoms with Gasteiger partial charge in [0.2, 0.25) is 0 Å². The first-order valence-corrected chi connectivity index (χ1v) is 14.0. The molecule has 1 fully saturated rings. The van der Waals surface area contributed by atoms with E-state index >= 15 is 0 Å². The van der Waals surface area contributed by atoms with E-state index in [-0.39, 0.29) is 10.8 Å². The van der Waals surface area contributed by atoms with Crippen molar-refractivity contribution in [1.29, 1.82) is 0 Å². The van der Waals surface area contributed by atoms with Crippen LogP contribution in [-0.4, -0.2) is 47.7 Å². The lowest BCUT2D eigenvalue weighted by molar-refractivity contribution is 0.102. The minimum absolute atomic E-state index is 0.0671. The van der Waals surface area contributed by atoms with Crippen molar-refractivity contribution in [2.24, 2.45) is 0 Å². The molecule has 1 aliphatic heterocycles. The summed E-state index contributed by atoms with van der Waals surface area (Å²) in [6.07, 6.45) is 0. The molecule has 0 aliphatic carbocycles. The fourth-order valence-corrected chi connectivity index (χ4v) is 5.70.